The minimum Gasteiger partial charge on any atom is -0.377 e. The van der Waals surface area contributed by atoms with Crippen molar-refractivity contribution in [2.24, 2.45) is 11.8 Å². The number of halogens is 3. The number of hydrogen-bond donors (Lipinski definition) is 0. The van der Waals surface area contributed by atoms with Gasteiger partial charge in [0.05, 0.1) is 18.3 Å². The quantitative estimate of drug-likeness (QED) is 0.576. The molecule has 0 aromatic heterocycles. The van der Waals surface area contributed by atoms with Crippen LogP contribution in [0.4, 0.5) is 13.2 Å². The van der Waals surface area contributed by atoms with Crippen LogP contribution in [0.3, 0.4) is 0 Å². The summed E-state index contributed by atoms with van der Waals surface area (Å²) in [5.41, 5.74) is 0.262. The van der Waals surface area contributed by atoms with Crippen LogP contribution in [0.5, 0.6) is 0 Å². The Morgan fingerprint density at radius 1 is 1.12 bits per heavy atom. The minimum atomic E-state index is -2.79. The van der Waals surface area contributed by atoms with Crippen molar-refractivity contribution in [2.45, 2.75) is 63.9 Å². The third-order valence-corrected chi connectivity index (χ3v) is 6.05. The molecule has 0 radical (unpaired) electrons. The number of benzene rings is 1. The second-order valence-corrected chi connectivity index (χ2v) is 7.56. The minimum absolute atomic E-state index is 0.139. The van der Waals surface area contributed by atoms with Crippen molar-refractivity contribution in [3.05, 3.63) is 47.3 Å². The molecule has 2 fully saturated rings. The van der Waals surface area contributed by atoms with E-state index in [4.69, 9.17) is 4.74 Å². The highest BCUT2D eigenvalue weighted by atomic mass is 19.3. The molecule has 3 rings (SSSR count). The van der Waals surface area contributed by atoms with Gasteiger partial charge in [-0.15, -0.1) is 6.58 Å². The molecule has 0 N–H and O–H groups in total. The van der Waals surface area contributed by atoms with Crippen LogP contribution in [0.1, 0.15) is 67.6 Å². The second kappa shape index (κ2) is 7.94. The first-order valence-electron chi connectivity index (χ1n) is 9.32. The van der Waals surface area contributed by atoms with Gasteiger partial charge in [0, 0.05) is 5.92 Å². The second-order valence-electron chi connectivity index (χ2n) is 7.56. The molecule has 1 aliphatic heterocycles. The smallest absolute Gasteiger partial charge is 0.266 e. The summed E-state index contributed by atoms with van der Waals surface area (Å²) in [6, 6.07) is 3.25. The topological polar surface area (TPSA) is 9.23 Å². The van der Waals surface area contributed by atoms with Gasteiger partial charge in [-0.1, -0.05) is 18.2 Å². The average Bonchev–Trinajstić information content (AvgIpc) is 2.64. The molecule has 2 atom stereocenters. The van der Waals surface area contributed by atoms with Crippen molar-refractivity contribution in [3.8, 4) is 0 Å². The summed E-state index contributed by atoms with van der Waals surface area (Å²) < 4.78 is 47.0. The fourth-order valence-electron chi connectivity index (χ4n) is 4.44. The average molecular weight is 352 g/mol. The Bertz CT molecular complexity index is 597. The molecule has 1 aliphatic carbocycles. The lowest BCUT2D eigenvalue weighted by Gasteiger charge is -2.37. The molecule has 1 heterocycles. The Morgan fingerprint density at radius 2 is 1.84 bits per heavy atom. The number of allylic oxidation sites excluding steroid dienone is 1. The molecule has 0 amide bonds. The van der Waals surface area contributed by atoms with Gasteiger partial charge in [-0.3, -0.25) is 0 Å². The van der Waals surface area contributed by atoms with Crippen molar-refractivity contribution < 1.29 is 17.9 Å². The number of aryl methyl sites for hydroxylation is 1. The van der Waals surface area contributed by atoms with E-state index in [1.54, 1.807) is 12.1 Å². The van der Waals surface area contributed by atoms with Crippen LogP contribution in [0.2, 0.25) is 0 Å². The van der Waals surface area contributed by atoms with Crippen LogP contribution >= 0.6 is 0 Å². The molecule has 138 valence electrons. The van der Waals surface area contributed by atoms with E-state index >= 15 is 0 Å². The highest BCUT2D eigenvalue weighted by Gasteiger charge is 2.33. The molecule has 1 nitrogen and oxygen atoms in total. The summed E-state index contributed by atoms with van der Waals surface area (Å²) >= 11 is 0. The normalized spacial score (nSPS) is 30.4. The summed E-state index contributed by atoms with van der Waals surface area (Å²) in [5.74, 6) is 0.274. The Hall–Kier alpha value is -1.29. The van der Waals surface area contributed by atoms with Crippen molar-refractivity contribution >= 4 is 0 Å². The van der Waals surface area contributed by atoms with E-state index in [0.29, 0.717) is 24.0 Å². The summed E-state index contributed by atoms with van der Waals surface area (Å²) in [4.78, 5) is 0. The van der Waals surface area contributed by atoms with E-state index < -0.39 is 17.8 Å². The van der Waals surface area contributed by atoms with Gasteiger partial charge in [-0.05, 0) is 68.4 Å². The molecule has 1 saturated carbocycles. The molecule has 1 aromatic carbocycles. The van der Waals surface area contributed by atoms with Crippen LogP contribution in [0.15, 0.2) is 24.8 Å². The predicted octanol–water partition coefficient (Wildman–Crippen LogP) is 6.33. The van der Waals surface area contributed by atoms with Crippen LogP contribution in [0, 0.1) is 24.6 Å². The number of ether oxygens (including phenoxy) is 1. The summed E-state index contributed by atoms with van der Waals surface area (Å²) in [5, 5.41) is 0. The van der Waals surface area contributed by atoms with E-state index in [9.17, 15) is 13.2 Å². The van der Waals surface area contributed by atoms with E-state index in [0.717, 1.165) is 38.5 Å². The Labute approximate surface area is 148 Å². The molecule has 1 saturated heterocycles. The maximum absolute atomic E-state index is 14.2. The van der Waals surface area contributed by atoms with Gasteiger partial charge in [0.25, 0.3) is 6.43 Å². The first-order valence-corrected chi connectivity index (χ1v) is 9.32. The van der Waals surface area contributed by atoms with Gasteiger partial charge in [0.2, 0.25) is 0 Å². The van der Waals surface area contributed by atoms with Gasteiger partial charge in [0.1, 0.15) is 5.82 Å². The Balaban J connectivity index is 1.65. The lowest BCUT2D eigenvalue weighted by atomic mass is 9.76. The van der Waals surface area contributed by atoms with Crippen LogP contribution < -0.4 is 0 Å². The third kappa shape index (κ3) is 3.94. The Morgan fingerprint density at radius 3 is 2.40 bits per heavy atom. The highest BCUT2D eigenvalue weighted by Crippen LogP contribution is 2.40. The maximum Gasteiger partial charge on any atom is 0.266 e. The van der Waals surface area contributed by atoms with Gasteiger partial charge >= 0.3 is 0 Å². The van der Waals surface area contributed by atoms with Crippen LogP contribution in [0.25, 0.3) is 0 Å². The third-order valence-electron chi connectivity index (χ3n) is 6.05. The predicted molar refractivity (Wildman–Crippen MR) is 93.5 cm³/mol. The van der Waals surface area contributed by atoms with Crippen LogP contribution in [-0.4, -0.2) is 12.7 Å². The maximum atomic E-state index is 14.2. The largest absolute Gasteiger partial charge is 0.377 e. The van der Waals surface area contributed by atoms with Gasteiger partial charge < -0.3 is 4.74 Å². The molecule has 0 bridgehead atoms. The molecule has 25 heavy (non-hydrogen) atoms. The summed E-state index contributed by atoms with van der Waals surface area (Å²) in [6.07, 6.45) is 5.74. The zero-order chi connectivity index (χ0) is 18.0. The van der Waals surface area contributed by atoms with Crippen molar-refractivity contribution in [3.63, 3.8) is 0 Å². The van der Waals surface area contributed by atoms with Crippen molar-refractivity contribution in [1.82, 2.24) is 0 Å². The first-order chi connectivity index (χ1) is 12.0. The highest BCUT2D eigenvalue weighted by molar-refractivity contribution is 5.37. The lowest BCUT2D eigenvalue weighted by molar-refractivity contribution is -0.0424. The Kier molecular flexibility index (Phi) is 5.88. The lowest BCUT2D eigenvalue weighted by Crippen LogP contribution is -2.33. The SMILES string of the molecule is C=CC1CCC(C2CCC(c3ccc(C)c(F)c3C(F)F)CO2)CC1. The molecule has 4 heteroatoms. The van der Waals surface area contributed by atoms with E-state index in [1.807, 2.05) is 6.08 Å². The molecular weight excluding hydrogens is 325 g/mol. The molecular formula is C21H27F3O. The fourth-order valence-corrected chi connectivity index (χ4v) is 4.44. The van der Waals surface area contributed by atoms with Crippen molar-refractivity contribution in [2.75, 3.05) is 6.61 Å². The fraction of sp³-hybridized carbons (Fsp3) is 0.619. The van der Waals surface area contributed by atoms with Crippen LogP contribution in [-0.2, 0) is 4.74 Å². The zero-order valence-corrected chi connectivity index (χ0v) is 14.8. The summed E-state index contributed by atoms with van der Waals surface area (Å²) in [6.45, 7) is 5.81. The molecule has 0 spiro atoms. The summed E-state index contributed by atoms with van der Waals surface area (Å²) in [7, 11) is 0. The molecule has 1 aromatic rings. The van der Waals surface area contributed by atoms with Crippen molar-refractivity contribution in [1.29, 1.82) is 0 Å². The van der Waals surface area contributed by atoms with E-state index in [-0.39, 0.29) is 17.6 Å². The standard InChI is InChI=1S/C21H27F3O/c1-3-14-5-7-15(8-6-14)18-11-9-16(12-25-18)17-10-4-13(2)20(22)19(17)21(23)24/h3-4,10,14-16,18,21H,1,5-9,11-12H2,2H3. The molecule has 2 unspecified atom stereocenters. The van der Waals surface area contributed by atoms with E-state index in [2.05, 4.69) is 6.58 Å². The van der Waals surface area contributed by atoms with Gasteiger partial charge in [-0.25, -0.2) is 13.2 Å². The van der Waals surface area contributed by atoms with E-state index in [1.165, 1.54) is 6.92 Å². The van der Waals surface area contributed by atoms with Gasteiger partial charge in [-0.2, -0.15) is 0 Å². The number of rotatable bonds is 4. The molecule has 2 aliphatic rings. The monoisotopic (exact) mass is 352 g/mol. The zero-order valence-electron chi connectivity index (χ0n) is 14.8. The number of hydrogen-bond acceptors (Lipinski definition) is 1. The number of alkyl halides is 2. The van der Waals surface area contributed by atoms with Gasteiger partial charge in [0.15, 0.2) is 0 Å². The first kappa shape index (κ1) is 18.5.